The zero-order valence-electron chi connectivity index (χ0n) is 12.2. The average Bonchev–Trinajstić information content (AvgIpc) is 2.40. The number of benzene rings is 1. The number of hydrogen-bond donors (Lipinski definition) is 1. The lowest BCUT2D eigenvalue weighted by atomic mass is 10.1. The van der Waals surface area contributed by atoms with Crippen molar-refractivity contribution in [3.8, 4) is 5.75 Å². The highest BCUT2D eigenvalue weighted by molar-refractivity contribution is 6.30. The summed E-state index contributed by atoms with van der Waals surface area (Å²) in [7, 11) is 0. The van der Waals surface area contributed by atoms with Gasteiger partial charge < -0.3 is 14.8 Å². The van der Waals surface area contributed by atoms with Crippen LogP contribution in [0.25, 0.3) is 0 Å². The average molecular weight is 300 g/mol. The van der Waals surface area contributed by atoms with Gasteiger partial charge in [-0.05, 0) is 51.5 Å². The maximum absolute atomic E-state index is 12.1. The molecule has 0 saturated heterocycles. The van der Waals surface area contributed by atoms with Crippen molar-refractivity contribution in [2.45, 2.75) is 32.8 Å². The molecule has 0 unspecified atom stereocenters. The molecule has 0 bridgehead atoms. The SMILES string of the molecule is CCOCCCNC(=O)C(C)(C)Oc1ccc(Cl)cc1. The Morgan fingerprint density at radius 1 is 1.30 bits per heavy atom. The van der Waals surface area contributed by atoms with E-state index in [0.717, 1.165) is 6.42 Å². The lowest BCUT2D eigenvalue weighted by Gasteiger charge is -2.25. The number of ether oxygens (including phenoxy) is 2. The van der Waals surface area contributed by atoms with Gasteiger partial charge in [0.15, 0.2) is 5.60 Å². The second kappa shape index (κ2) is 8.12. The summed E-state index contributed by atoms with van der Waals surface area (Å²) in [5.41, 5.74) is -0.931. The molecule has 0 fully saturated rings. The smallest absolute Gasteiger partial charge is 0.263 e. The minimum absolute atomic E-state index is 0.149. The summed E-state index contributed by atoms with van der Waals surface area (Å²) in [4.78, 5) is 12.1. The molecule has 0 saturated carbocycles. The van der Waals surface area contributed by atoms with Crippen molar-refractivity contribution in [1.82, 2.24) is 5.32 Å². The fourth-order valence-electron chi connectivity index (χ4n) is 1.58. The van der Waals surface area contributed by atoms with Gasteiger partial charge in [0, 0.05) is 24.8 Å². The lowest BCUT2D eigenvalue weighted by Crippen LogP contribution is -2.46. The van der Waals surface area contributed by atoms with Gasteiger partial charge in [-0.15, -0.1) is 0 Å². The molecule has 1 aromatic rings. The number of halogens is 1. The number of nitrogens with one attached hydrogen (secondary N) is 1. The Morgan fingerprint density at radius 3 is 2.55 bits per heavy atom. The van der Waals surface area contributed by atoms with Crippen molar-refractivity contribution >= 4 is 17.5 Å². The molecule has 0 aliphatic heterocycles. The third-order valence-corrected chi connectivity index (χ3v) is 2.94. The number of rotatable bonds is 8. The van der Waals surface area contributed by atoms with E-state index in [1.165, 1.54) is 0 Å². The highest BCUT2D eigenvalue weighted by Crippen LogP contribution is 2.20. The molecule has 1 aromatic carbocycles. The first-order valence-electron chi connectivity index (χ1n) is 6.76. The Balaban J connectivity index is 2.42. The molecule has 1 amide bonds. The van der Waals surface area contributed by atoms with Crippen LogP contribution in [0, 0.1) is 0 Å². The van der Waals surface area contributed by atoms with Crippen molar-refractivity contribution in [3.63, 3.8) is 0 Å². The first-order chi connectivity index (χ1) is 9.45. The maximum Gasteiger partial charge on any atom is 0.263 e. The number of carbonyl (C=O) groups excluding carboxylic acids is 1. The Hall–Kier alpha value is -1.26. The quantitative estimate of drug-likeness (QED) is 0.751. The molecule has 0 aromatic heterocycles. The summed E-state index contributed by atoms with van der Waals surface area (Å²) >= 11 is 5.81. The van der Waals surface area contributed by atoms with Gasteiger partial charge in [-0.25, -0.2) is 0 Å². The second-order valence-electron chi connectivity index (χ2n) is 4.87. The van der Waals surface area contributed by atoms with Gasteiger partial charge in [0.1, 0.15) is 5.75 Å². The van der Waals surface area contributed by atoms with E-state index in [9.17, 15) is 4.79 Å². The van der Waals surface area contributed by atoms with Crippen LogP contribution in [0.3, 0.4) is 0 Å². The first-order valence-corrected chi connectivity index (χ1v) is 7.14. The minimum Gasteiger partial charge on any atom is -0.478 e. The highest BCUT2D eigenvalue weighted by Gasteiger charge is 2.29. The number of hydrogen-bond acceptors (Lipinski definition) is 3. The molecule has 0 heterocycles. The molecule has 112 valence electrons. The lowest BCUT2D eigenvalue weighted by molar-refractivity contribution is -0.134. The Bertz CT molecular complexity index is 418. The maximum atomic E-state index is 12.1. The van der Waals surface area contributed by atoms with E-state index >= 15 is 0 Å². The molecular weight excluding hydrogens is 278 g/mol. The van der Waals surface area contributed by atoms with Crippen molar-refractivity contribution in [1.29, 1.82) is 0 Å². The Labute approximate surface area is 125 Å². The van der Waals surface area contributed by atoms with Crippen LogP contribution in [-0.2, 0) is 9.53 Å². The monoisotopic (exact) mass is 299 g/mol. The van der Waals surface area contributed by atoms with E-state index in [1.54, 1.807) is 38.1 Å². The third-order valence-electron chi connectivity index (χ3n) is 2.69. The predicted octanol–water partition coefficient (Wildman–Crippen LogP) is 3.04. The molecule has 0 aliphatic rings. The van der Waals surface area contributed by atoms with Crippen LogP contribution in [0.5, 0.6) is 5.75 Å². The van der Waals surface area contributed by atoms with E-state index in [2.05, 4.69) is 5.32 Å². The zero-order chi connectivity index (χ0) is 15.0. The summed E-state index contributed by atoms with van der Waals surface area (Å²) < 4.78 is 10.9. The fourth-order valence-corrected chi connectivity index (χ4v) is 1.70. The van der Waals surface area contributed by atoms with Crippen LogP contribution >= 0.6 is 11.6 Å². The van der Waals surface area contributed by atoms with Crippen molar-refractivity contribution in [2.75, 3.05) is 19.8 Å². The predicted molar refractivity (Wildman–Crippen MR) is 80.3 cm³/mol. The molecule has 5 heteroatoms. The summed E-state index contributed by atoms with van der Waals surface area (Å²) in [5, 5.41) is 3.48. The van der Waals surface area contributed by atoms with E-state index < -0.39 is 5.60 Å². The molecule has 1 N–H and O–H groups in total. The molecule has 0 radical (unpaired) electrons. The molecule has 0 atom stereocenters. The number of carbonyl (C=O) groups is 1. The molecule has 1 rings (SSSR count). The van der Waals surface area contributed by atoms with Gasteiger partial charge in [0.25, 0.3) is 5.91 Å². The van der Waals surface area contributed by atoms with Crippen molar-refractivity contribution in [3.05, 3.63) is 29.3 Å². The topological polar surface area (TPSA) is 47.6 Å². The van der Waals surface area contributed by atoms with E-state index in [4.69, 9.17) is 21.1 Å². The van der Waals surface area contributed by atoms with Crippen LogP contribution in [0.1, 0.15) is 27.2 Å². The molecule has 20 heavy (non-hydrogen) atoms. The van der Waals surface area contributed by atoms with Gasteiger partial charge in [0.05, 0.1) is 0 Å². The standard InChI is InChI=1S/C15H22ClNO3/c1-4-19-11-5-10-17-14(18)15(2,3)20-13-8-6-12(16)7-9-13/h6-9H,4-5,10-11H2,1-3H3,(H,17,18). The largest absolute Gasteiger partial charge is 0.478 e. The van der Waals surface area contributed by atoms with E-state index in [1.807, 2.05) is 6.92 Å². The summed E-state index contributed by atoms with van der Waals surface area (Å²) in [6.45, 7) is 7.33. The fraction of sp³-hybridized carbons (Fsp3) is 0.533. The van der Waals surface area contributed by atoms with Crippen LogP contribution in [0.15, 0.2) is 24.3 Å². The molecule has 0 spiro atoms. The number of amides is 1. The van der Waals surface area contributed by atoms with Gasteiger partial charge in [-0.3, -0.25) is 4.79 Å². The van der Waals surface area contributed by atoms with Crippen LogP contribution in [0.2, 0.25) is 5.02 Å². The van der Waals surface area contributed by atoms with Crippen LogP contribution in [-0.4, -0.2) is 31.3 Å². The van der Waals surface area contributed by atoms with Gasteiger partial charge >= 0.3 is 0 Å². The minimum atomic E-state index is -0.931. The Morgan fingerprint density at radius 2 is 1.95 bits per heavy atom. The molecular formula is C15H22ClNO3. The van der Waals surface area contributed by atoms with Crippen molar-refractivity contribution < 1.29 is 14.3 Å². The normalized spacial score (nSPS) is 11.2. The van der Waals surface area contributed by atoms with E-state index in [-0.39, 0.29) is 5.91 Å². The van der Waals surface area contributed by atoms with Crippen LogP contribution in [0.4, 0.5) is 0 Å². The van der Waals surface area contributed by atoms with E-state index in [0.29, 0.717) is 30.5 Å². The zero-order valence-corrected chi connectivity index (χ0v) is 13.0. The van der Waals surface area contributed by atoms with Gasteiger partial charge in [0.2, 0.25) is 0 Å². The van der Waals surface area contributed by atoms with Gasteiger partial charge in [-0.2, -0.15) is 0 Å². The third kappa shape index (κ3) is 5.80. The van der Waals surface area contributed by atoms with Crippen LogP contribution < -0.4 is 10.1 Å². The summed E-state index contributed by atoms with van der Waals surface area (Å²) in [6, 6.07) is 6.94. The van der Waals surface area contributed by atoms with Gasteiger partial charge in [-0.1, -0.05) is 11.6 Å². The van der Waals surface area contributed by atoms with Crippen molar-refractivity contribution in [2.24, 2.45) is 0 Å². The molecule has 4 nitrogen and oxygen atoms in total. The second-order valence-corrected chi connectivity index (χ2v) is 5.31. The Kier molecular flexibility index (Phi) is 6.82. The summed E-state index contributed by atoms with van der Waals surface area (Å²) in [6.07, 6.45) is 0.788. The summed E-state index contributed by atoms with van der Waals surface area (Å²) in [5.74, 6) is 0.466. The molecule has 0 aliphatic carbocycles. The highest BCUT2D eigenvalue weighted by atomic mass is 35.5. The first kappa shape index (κ1) is 16.8.